The zero-order chi connectivity index (χ0) is 30.6. The summed E-state index contributed by atoms with van der Waals surface area (Å²) in [5.74, 6) is 3.31. The zero-order valence-corrected chi connectivity index (χ0v) is 28.3. The van der Waals surface area contributed by atoms with E-state index in [9.17, 15) is 4.79 Å². The van der Waals surface area contributed by atoms with E-state index in [2.05, 4.69) is 86.7 Å². The number of H-pyrrole nitrogens is 1. The average Bonchev–Trinajstić information content (AvgIpc) is 3.56. The SMILES string of the molecule is C=C(C)[C@@H]1CC[C@]2(NC(=O)CN3CCN(C)CC3)CC[C@]3(C)[C@H](CC[C@@H]4[C@@]5(C)Cc6cn[nH]c6C(C)(C)[C@@H]5CC[C@]43C)[C@@H]12. The van der Waals surface area contributed by atoms with Crippen LogP contribution in [0.3, 0.4) is 0 Å². The van der Waals surface area contributed by atoms with Crippen LogP contribution < -0.4 is 5.32 Å². The maximum absolute atomic E-state index is 13.7. The number of piperazine rings is 1. The molecule has 0 aromatic carbocycles. The topological polar surface area (TPSA) is 64.3 Å². The summed E-state index contributed by atoms with van der Waals surface area (Å²) in [4.78, 5) is 18.5. The molecule has 43 heavy (non-hydrogen) atoms. The van der Waals surface area contributed by atoms with Gasteiger partial charge in [-0.25, -0.2) is 0 Å². The first-order chi connectivity index (χ1) is 20.3. The molecular formula is C37H59N5O. The van der Waals surface area contributed by atoms with Crippen molar-refractivity contribution in [3.05, 3.63) is 29.6 Å². The minimum Gasteiger partial charge on any atom is -0.349 e. The van der Waals surface area contributed by atoms with Gasteiger partial charge in [-0.15, -0.1) is 0 Å². The molecule has 2 heterocycles. The molecular weight excluding hydrogens is 530 g/mol. The molecule has 0 unspecified atom stereocenters. The molecule has 238 valence electrons. The Balaban J connectivity index is 1.19. The molecule has 0 spiro atoms. The molecule has 7 rings (SSSR count). The number of aromatic nitrogens is 2. The normalized spacial score (nSPS) is 45.7. The van der Waals surface area contributed by atoms with Crippen molar-refractivity contribution in [2.75, 3.05) is 39.8 Å². The zero-order valence-electron chi connectivity index (χ0n) is 28.3. The molecule has 6 nitrogen and oxygen atoms in total. The van der Waals surface area contributed by atoms with Crippen molar-refractivity contribution in [1.29, 1.82) is 0 Å². The van der Waals surface area contributed by atoms with Crippen LogP contribution in [0, 0.1) is 45.8 Å². The maximum Gasteiger partial charge on any atom is 0.234 e. The summed E-state index contributed by atoms with van der Waals surface area (Å²) in [6, 6.07) is 0. The fourth-order valence-corrected chi connectivity index (χ4v) is 13.3. The van der Waals surface area contributed by atoms with Crippen LogP contribution >= 0.6 is 0 Å². The smallest absolute Gasteiger partial charge is 0.234 e. The Morgan fingerprint density at radius 2 is 1.72 bits per heavy atom. The molecule has 1 aliphatic heterocycles. The Labute approximate surface area is 261 Å². The van der Waals surface area contributed by atoms with Gasteiger partial charge in [0, 0.05) is 42.8 Å². The van der Waals surface area contributed by atoms with Crippen molar-refractivity contribution in [2.24, 2.45) is 45.8 Å². The van der Waals surface area contributed by atoms with E-state index >= 15 is 0 Å². The molecule has 6 heteroatoms. The van der Waals surface area contributed by atoms with Gasteiger partial charge >= 0.3 is 0 Å². The molecule has 1 amide bonds. The van der Waals surface area contributed by atoms with Gasteiger partial charge in [0.2, 0.25) is 5.91 Å². The van der Waals surface area contributed by atoms with Gasteiger partial charge in [-0.1, -0.05) is 46.8 Å². The summed E-state index contributed by atoms with van der Waals surface area (Å²) in [5, 5.41) is 11.8. The summed E-state index contributed by atoms with van der Waals surface area (Å²) < 4.78 is 0. The van der Waals surface area contributed by atoms with Crippen LogP contribution in [0.1, 0.15) is 104 Å². The molecule has 1 aromatic rings. The minimum atomic E-state index is -0.0692. The van der Waals surface area contributed by atoms with Crippen molar-refractivity contribution >= 4 is 5.91 Å². The number of carbonyl (C=O) groups excluding carboxylic acids is 1. The number of fused-ring (bicyclic) bond motifs is 8. The number of nitrogens with one attached hydrogen (secondary N) is 2. The first-order valence-corrected chi connectivity index (χ1v) is 17.7. The summed E-state index contributed by atoms with van der Waals surface area (Å²) in [7, 11) is 2.18. The highest BCUT2D eigenvalue weighted by atomic mass is 16.2. The lowest BCUT2D eigenvalue weighted by atomic mass is 9.33. The lowest BCUT2D eigenvalue weighted by Crippen LogP contribution is -2.69. The van der Waals surface area contributed by atoms with Crippen molar-refractivity contribution in [3.63, 3.8) is 0 Å². The van der Waals surface area contributed by atoms with Crippen molar-refractivity contribution in [2.45, 2.75) is 110 Å². The highest BCUT2D eigenvalue weighted by Crippen LogP contribution is 2.76. The molecule has 5 fully saturated rings. The third kappa shape index (κ3) is 4.16. The van der Waals surface area contributed by atoms with E-state index < -0.39 is 0 Å². The first-order valence-electron chi connectivity index (χ1n) is 17.7. The van der Waals surface area contributed by atoms with Crippen LogP contribution in [-0.4, -0.2) is 71.2 Å². The number of aromatic amines is 1. The van der Waals surface area contributed by atoms with E-state index in [4.69, 9.17) is 0 Å². The summed E-state index contributed by atoms with van der Waals surface area (Å²) in [6.45, 7) is 24.5. The van der Waals surface area contributed by atoms with Gasteiger partial charge in [0.15, 0.2) is 0 Å². The minimum absolute atomic E-state index is 0.0692. The van der Waals surface area contributed by atoms with Crippen LogP contribution in [0.15, 0.2) is 18.3 Å². The highest BCUT2D eigenvalue weighted by Gasteiger charge is 2.71. The lowest BCUT2D eigenvalue weighted by Gasteiger charge is -2.72. The largest absolute Gasteiger partial charge is 0.349 e. The number of allylic oxidation sites excluding steroid dienone is 1. The number of likely N-dealkylation sites (N-methyl/N-ethyl adjacent to an activating group) is 1. The lowest BCUT2D eigenvalue weighted by molar-refractivity contribution is -0.219. The number of hydrogen-bond acceptors (Lipinski definition) is 4. The van der Waals surface area contributed by atoms with Gasteiger partial charge in [0.25, 0.3) is 0 Å². The van der Waals surface area contributed by atoms with E-state index in [1.54, 1.807) is 0 Å². The van der Waals surface area contributed by atoms with Crippen LogP contribution in [0.4, 0.5) is 0 Å². The van der Waals surface area contributed by atoms with Crippen molar-refractivity contribution in [3.8, 4) is 0 Å². The third-order valence-electron chi connectivity index (χ3n) is 15.5. The second-order valence-corrected chi connectivity index (χ2v) is 17.6. The van der Waals surface area contributed by atoms with E-state index in [0.29, 0.717) is 41.5 Å². The number of nitrogens with zero attached hydrogens (tertiary/aromatic N) is 3. The van der Waals surface area contributed by atoms with Crippen LogP contribution in [0.2, 0.25) is 0 Å². The van der Waals surface area contributed by atoms with Crippen LogP contribution in [0.5, 0.6) is 0 Å². The van der Waals surface area contributed by atoms with Crippen LogP contribution in [-0.2, 0) is 16.6 Å². The van der Waals surface area contributed by atoms with Crippen molar-refractivity contribution in [1.82, 2.24) is 25.3 Å². The molecule has 0 radical (unpaired) electrons. The fraction of sp³-hybridized carbons (Fsp3) is 0.838. The number of carbonyl (C=O) groups is 1. The highest BCUT2D eigenvalue weighted by molar-refractivity contribution is 5.79. The Morgan fingerprint density at radius 1 is 0.977 bits per heavy atom. The average molecular weight is 590 g/mol. The standard InChI is InChI=1S/C37H59N5O/c1-24(2)26-11-14-37(39-30(43)23-42-19-17-41(8)18-20-42)16-15-35(6)27(31(26)37)9-10-29-34(5)21-25-22-38-40-32(25)33(3,4)28(34)12-13-36(29,35)7/h22,26-29,31H,1,9-21,23H2,2-8H3,(H,38,40)(H,39,43)/t26-,27+,28-,29+,31+,34-,35+,36+,37-/m0/s1. The summed E-state index contributed by atoms with van der Waals surface area (Å²) in [6.07, 6.45) is 13.2. The van der Waals surface area contributed by atoms with Gasteiger partial charge < -0.3 is 10.2 Å². The number of rotatable bonds is 4. The molecule has 4 saturated carbocycles. The molecule has 5 aliphatic carbocycles. The Kier molecular flexibility index (Phi) is 6.92. The second-order valence-electron chi connectivity index (χ2n) is 17.6. The molecule has 9 atom stereocenters. The molecule has 0 bridgehead atoms. The molecule has 1 aromatic heterocycles. The van der Waals surface area contributed by atoms with Gasteiger partial charge in [-0.3, -0.25) is 14.8 Å². The Hall–Kier alpha value is -1.66. The molecule has 2 N–H and O–H groups in total. The summed E-state index contributed by atoms with van der Waals surface area (Å²) in [5.41, 5.74) is 5.12. The third-order valence-corrected chi connectivity index (χ3v) is 15.5. The van der Waals surface area contributed by atoms with Gasteiger partial charge in [-0.05, 0) is 123 Å². The quantitative estimate of drug-likeness (QED) is 0.411. The Morgan fingerprint density at radius 3 is 2.44 bits per heavy atom. The predicted octanol–water partition coefficient (Wildman–Crippen LogP) is 6.20. The van der Waals surface area contributed by atoms with E-state index in [-0.39, 0.29) is 27.7 Å². The monoisotopic (exact) mass is 589 g/mol. The van der Waals surface area contributed by atoms with E-state index in [0.717, 1.165) is 45.4 Å². The first kappa shape index (κ1) is 30.0. The van der Waals surface area contributed by atoms with E-state index in [1.165, 1.54) is 55.4 Å². The van der Waals surface area contributed by atoms with Gasteiger partial charge in [-0.2, -0.15) is 5.10 Å². The number of hydrogen-bond donors (Lipinski definition) is 2. The molecule has 1 saturated heterocycles. The van der Waals surface area contributed by atoms with E-state index in [1.807, 2.05) is 0 Å². The fourth-order valence-electron chi connectivity index (χ4n) is 13.3. The number of amides is 1. The molecule has 6 aliphatic rings. The van der Waals surface area contributed by atoms with Gasteiger partial charge in [0.05, 0.1) is 12.7 Å². The Bertz CT molecular complexity index is 1280. The van der Waals surface area contributed by atoms with Crippen LogP contribution in [0.25, 0.3) is 0 Å². The van der Waals surface area contributed by atoms with Crippen molar-refractivity contribution < 1.29 is 4.79 Å². The maximum atomic E-state index is 13.7. The predicted molar refractivity (Wildman–Crippen MR) is 174 cm³/mol. The van der Waals surface area contributed by atoms with Gasteiger partial charge in [0.1, 0.15) is 0 Å². The second kappa shape index (κ2) is 9.92. The summed E-state index contributed by atoms with van der Waals surface area (Å²) >= 11 is 0.